The summed E-state index contributed by atoms with van der Waals surface area (Å²) in [6, 6.07) is 4.05. The minimum Gasteiger partial charge on any atom is -0.395 e. The summed E-state index contributed by atoms with van der Waals surface area (Å²) in [5, 5.41) is 9.07. The predicted molar refractivity (Wildman–Crippen MR) is 55.6 cm³/mol. The number of sulfone groups is 1. The van der Waals surface area contributed by atoms with Crippen molar-refractivity contribution in [2.45, 2.75) is 4.90 Å². The molecule has 0 atom stereocenters. The fourth-order valence-electron chi connectivity index (χ4n) is 0.946. The highest BCUT2D eigenvalue weighted by atomic mass is 35.5. The van der Waals surface area contributed by atoms with E-state index in [2.05, 4.69) is 0 Å². The van der Waals surface area contributed by atoms with Crippen molar-refractivity contribution >= 4 is 33.0 Å². The number of rotatable bonds is 3. The fraction of sp³-hybridized carbons (Fsp3) is 0.250. The van der Waals surface area contributed by atoms with Gasteiger partial charge >= 0.3 is 0 Å². The molecule has 1 rings (SSSR count). The molecule has 0 spiro atoms. The molecule has 6 heteroatoms. The molecule has 0 aromatic heterocycles. The normalized spacial score (nSPS) is 11.6. The molecule has 0 radical (unpaired) electrons. The second-order valence-corrected chi connectivity index (χ2v) is 5.63. The van der Waals surface area contributed by atoms with Gasteiger partial charge in [0, 0.05) is 10.0 Å². The Morgan fingerprint density at radius 2 is 1.64 bits per heavy atom. The number of benzene rings is 1. The largest absolute Gasteiger partial charge is 0.395 e. The Morgan fingerprint density at radius 3 is 2.07 bits per heavy atom. The third-order valence-corrected chi connectivity index (χ3v) is 3.67. The molecule has 0 fully saturated rings. The molecule has 0 saturated heterocycles. The van der Waals surface area contributed by atoms with Gasteiger partial charge in [0.05, 0.1) is 17.3 Å². The summed E-state index contributed by atoms with van der Waals surface area (Å²) in [6.45, 7) is -0.424. The van der Waals surface area contributed by atoms with Crippen LogP contribution in [0.5, 0.6) is 0 Å². The lowest BCUT2D eigenvalue weighted by Gasteiger charge is -2.03. The number of halogens is 2. The molecule has 0 heterocycles. The molecule has 1 aromatic carbocycles. The van der Waals surface area contributed by atoms with Crippen molar-refractivity contribution in [3.63, 3.8) is 0 Å². The van der Waals surface area contributed by atoms with Crippen molar-refractivity contribution in [1.82, 2.24) is 0 Å². The lowest BCUT2D eigenvalue weighted by molar-refractivity contribution is 0.319. The Morgan fingerprint density at radius 1 is 1.14 bits per heavy atom. The van der Waals surface area contributed by atoms with Crippen molar-refractivity contribution in [2.24, 2.45) is 0 Å². The molecule has 0 aliphatic rings. The summed E-state index contributed by atoms with van der Waals surface area (Å²) in [6.07, 6.45) is 0. The SMILES string of the molecule is O=S(=O)(CCO)c1cc(Cl)cc(Cl)c1. The van der Waals surface area contributed by atoms with Gasteiger partial charge in [-0.05, 0) is 18.2 Å². The van der Waals surface area contributed by atoms with Crippen LogP contribution in [0.25, 0.3) is 0 Å². The summed E-state index contributed by atoms with van der Waals surface area (Å²) in [7, 11) is -3.47. The van der Waals surface area contributed by atoms with Gasteiger partial charge < -0.3 is 5.11 Å². The van der Waals surface area contributed by atoms with E-state index in [-0.39, 0.29) is 20.7 Å². The molecule has 78 valence electrons. The maximum atomic E-state index is 11.5. The standard InChI is InChI=1S/C8H8Cl2O3S/c9-6-3-7(10)5-8(4-6)14(12,13)2-1-11/h3-5,11H,1-2H2. The Hall–Kier alpha value is -0.290. The van der Waals surface area contributed by atoms with E-state index >= 15 is 0 Å². The third kappa shape index (κ3) is 2.85. The Balaban J connectivity index is 3.19. The van der Waals surface area contributed by atoms with Crippen LogP contribution in [0.1, 0.15) is 0 Å². The molecule has 14 heavy (non-hydrogen) atoms. The van der Waals surface area contributed by atoms with Crippen LogP contribution in [0, 0.1) is 0 Å². The smallest absolute Gasteiger partial charge is 0.180 e. The first-order valence-electron chi connectivity index (χ1n) is 3.75. The summed E-state index contributed by atoms with van der Waals surface area (Å²) in [4.78, 5) is 0.0315. The van der Waals surface area contributed by atoms with Gasteiger partial charge in [-0.25, -0.2) is 8.42 Å². The van der Waals surface area contributed by atoms with E-state index in [0.717, 1.165) is 0 Å². The molecule has 0 unspecified atom stereocenters. The minimum atomic E-state index is -3.47. The van der Waals surface area contributed by atoms with Crippen LogP contribution in [-0.4, -0.2) is 25.9 Å². The summed E-state index contributed by atoms with van der Waals surface area (Å²) in [5.74, 6) is -0.330. The summed E-state index contributed by atoms with van der Waals surface area (Å²) >= 11 is 11.3. The number of aliphatic hydroxyl groups is 1. The summed E-state index contributed by atoms with van der Waals surface area (Å²) in [5.41, 5.74) is 0. The third-order valence-electron chi connectivity index (χ3n) is 1.56. The van der Waals surface area contributed by atoms with Crippen LogP contribution in [0.3, 0.4) is 0 Å². The number of hydrogen-bond donors (Lipinski definition) is 1. The average Bonchev–Trinajstić information content (AvgIpc) is 2.02. The van der Waals surface area contributed by atoms with E-state index in [0.29, 0.717) is 0 Å². The predicted octanol–water partition coefficient (Wildman–Crippen LogP) is 1.76. The molecule has 0 amide bonds. The summed E-state index contributed by atoms with van der Waals surface area (Å²) < 4.78 is 22.9. The van der Waals surface area contributed by atoms with Crippen LogP contribution in [0.2, 0.25) is 10.0 Å². The Labute approximate surface area is 92.2 Å². The zero-order valence-electron chi connectivity index (χ0n) is 7.07. The molecule has 0 bridgehead atoms. The first kappa shape index (κ1) is 11.8. The van der Waals surface area contributed by atoms with Crippen LogP contribution in [0.4, 0.5) is 0 Å². The van der Waals surface area contributed by atoms with Gasteiger partial charge in [-0.3, -0.25) is 0 Å². The second-order valence-electron chi connectivity index (χ2n) is 2.65. The number of hydrogen-bond acceptors (Lipinski definition) is 3. The van der Waals surface area contributed by atoms with Crippen molar-refractivity contribution in [1.29, 1.82) is 0 Å². The maximum Gasteiger partial charge on any atom is 0.180 e. The molecule has 3 nitrogen and oxygen atoms in total. The van der Waals surface area contributed by atoms with Gasteiger partial charge in [0.1, 0.15) is 0 Å². The molecule has 0 aliphatic carbocycles. The van der Waals surface area contributed by atoms with Crippen LogP contribution >= 0.6 is 23.2 Å². The molecular weight excluding hydrogens is 247 g/mol. The van der Waals surface area contributed by atoms with Gasteiger partial charge in [0.2, 0.25) is 0 Å². The van der Waals surface area contributed by atoms with Crippen molar-refractivity contribution in [2.75, 3.05) is 12.4 Å². The van der Waals surface area contributed by atoms with Gasteiger partial charge in [-0.2, -0.15) is 0 Å². The lowest BCUT2D eigenvalue weighted by Crippen LogP contribution is -2.09. The van der Waals surface area contributed by atoms with Gasteiger partial charge in [-0.1, -0.05) is 23.2 Å². The van der Waals surface area contributed by atoms with E-state index in [1.54, 1.807) is 0 Å². The monoisotopic (exact) mass is 254 g/mol. The van der Waals surface area contributed by atoms with Gasteiger partial charge in [0.15, 0.2) is 9.84 Å². The average molecular weight is 255 g/mol. The molecular formula is C8H8Cl2O3S. The Kier molecular flexibility index (Phi) is 3.78. The van der Waals surface area contributed by atoms with E-state index in [9.17, 15) is 8.42 Å². The first-order valence-corrected chi connectivity index (χ1v) is 6.16. The van der Waals surface area contributed by atoms with Crippen molar-refractivity contribution in [3.8, 4) is 0 Å². The van der Waals surface area contributed by atoms with Gasteiger partial charge in [0.25, 0.3) is 0 Å². The molecule has 0 aliphatic heterocycles. The number of aliphatic hydroxyl groups excluding tert-OH is 1. The van der Waals surface area contributed by atoms with E-state index in [4.69, 9.17) is 28.3 Å². The second kappa shape index (κ2) is 4.49. The van der Waals surface area contributed by atoms with E-state index < -0.39 is 16.4 Å². The first-order chi connectivity index (χ1) is 6.45. The molecule has 0 saturated carbocycles. The van der Waals surface area contributed by atoms with Gasteiger partial charge in [-0.15, -0.1) is 0 Å². The molecule has 1 aromatic rings. The van der Waals surface area contributed by atoms with E-state index in [1.165, 1.54) is 18.2 Å². The van der Waals surface area contributed by atoms with Crippen LogP contribution < -0.4 is 0 Å². The van der Waals surface area contributed by atoms with Crippen molar-refractivity contribution in [3.05, 3.63) is 28.2 Å². The van der Waals surface area contributed by atoms with E-state index in [1.807, 2.05) is 0 Å². The molecule has 1 N–H and O–H groups in total. The highest BCUT2D eigenvalue weighted by Gasteiger charge is 2.14. The lowest BCUT2D eigenvalue weighted by atomic mass is 10.4. The fourth-order valence-corrected chi connectivity index (χ4v) is 2.69. The highest BCUT2D eigenvalue weighted by molar-refractivity contribution is 7.91. The Bertz CT molecular complexity index is 408. The highest BCUT2D eigenvalue weighted by Crippen LogP contribution is 2.22. The van der Waals surface area contributed by atoms with Crippen molar-refractivity contribution < 1.29 is 13.5 Å². The quantitative estimate of drug-likeness (QED) is 0.895. The van der Waals surface area contributed by atoms with Crippen LogP contribution in [0.15, 0.2) is 23.1 Å². The van der Waals surface area contributed by atoms with Crippen LogP contribution in [-0.2, 0) is 9.84 Å². The maximum absolute atomic E-state index is 11.5. The zero-order chi connectivity index (χ0) is 10.8. The zero-order valence-corrected chi connectivity index (χ0v) is 9.40. The minimum absolute atomic E-state index is 0.0315. The topological polar surface area (TPSA) is 54.4 Å².